The Bertz CT molecular complexity index is 1010. The normalized spacial score (nSPS) is 22.3. The van der Waals surface area contributed by atoms with Crippen LogP contribution >= 0.6 is 0 Å². The molecule has 0 N–H and O–H groups in total. The zero-order valence-corrected chi connectivity index (χ0v) is 18.0. The van der Waals surface area contributed by atoms with Gasteiger partial charge in [-0.05, 0) is 24.3 Å². The smallest absolute Gasteiger partial charge is 0.244 e. The van der Waals surface area contributed by atoms with Crippen molar-refractivity contribution in [2.24, 2.45) is 0 Å². The number of rotatable bonds is 6. The van der Waals surface area contributed by atoms with Gasteiger partial charge in [-0.2, -0.15) is 4.31 Å². The van der Waals surface area contributed by atoms with Crippen LogP contribution in [-0.4, -0.2) is 80.6 Å². The van der Waals surface area contributed by atoms with Gasteiger partial charge in [0.15, 0.2) is 0 Å². The zero-order chi connectivity index (χ0) is 21.8. The SMILES string of the molecule is COc1cccc(S(=O)(=O)N2C[C@@H](Oc3cccnc3)C[C@H]2C(=O)N2CCOCC2)c1. The Hall–Kier alpha value is -2.69. The summed E-state index contributed by atoms with van der Waals surface area (Å²) in [6.07, 6.45) is 2.98. The maximum atomic E-state index is 13.5. The molecule has 0 aliphatic carbocycles. The molecule has 0 bridgehead atoms. The number of nitrogens with zero attached hydrogens (tertiary/aromatic N) is 3. The molecule has 4 rings (SSSR count). The van der Waals surface area contributed by atoms with Gasteiger partial charge in [0.05, 0.1) is 38.0 Å². The number of pyridine rings is 1. The maximum absolute atomic E-state index is 13.5. The summed E-state index contributed by atoms with van der Waals surface area (Å²) in [4.78, 5) is 19.0. The third-order valence-corrected chi connectivity index (χ3v) is 7.28. The molecule has 1 aromatic carbocycles. The van der Waals surface area contributed by atoms with Gasteiger partial charge >= 0.3 is 0 Å². The largest absolute Gasteiger partial charge is 0.497 e. The maximum Gasteiger partial charge on any atom is 0.244 e. The molecule has 2 saturated heterocycles. The van der Waals surface area contributed by atoms with Crippen LogP contribution in [0.2, 0.25) is 0 Å². The number of amides is 1. The number of hydrogen-bond donors (Lipinski definition) is 0. The number of benzene rings is 1. The number of aromatic nitrogens is 1. The summed E-state index contributed by atoms with van der Waals surface area (Å²) in [5.41, 5.74) is 0. The molecule has 2 aliphatic rings. The summed E-state index contributed by atoms with van der Waals surface area (Å²) in [7, 11) is -2.47. The number of carbonyl (C=O) groups is 1. The molecule has 1 amide bonds. The van der Waals surface area contributed by atoms with E-state index in [4.69, 9.17) is 14.2 Å². The Kier molecular flexibility index (Phi) is 6.40. The topological polar surface area (TPSA) is 98.3 Å². The van der Waals surface area contributed by atoms with Crippen molar-refractivity contribution in [2.75, 3.05) is 40.0 Å². The highest BCUT2D eigenvalue weighted by Crippen LogP contribution is 2.31. The van der Waals surface area contributed by atoms with E-state index in [9.17, 15) is 13.2 Å². The molecule has 2 aromatic rings. The Labute approximate surface area is 181 Å². The summed E-state index contributed by atoms with van der Waals surface area (Å²) in [5.74, 6) is 0.734. The molecule has 1 aromatic heterocycles. The van der Waals surface area contributed by atoms with Gasteiger partial charge in [0.25, 0.3) is 0 Å². The Morgan fingerprint density at radius 2 is 1.94 bits per heavy atom. The van der Waals surface area contributed by atoms with E-state index in [-0.39, 0.29) is 23.8 Å². The van der Waals surface area contributed by atoms with Crippen molar-refractivity contribution >= 4 is 15.9 Å². The van der Waals surface area contributed by atoms with Gasteiger partial charge < -0.3 is 19.1 Å². The zero-order valence-electron chi connectivity index (χ0n) is 17.2. The van der Waals surface area contributed by atoms with E-state index >= 15 is 0 Å². The number of methoxy groups -OCH3 is 1. The number of carbonyl (C=O) groups excluding carboxylic acids is 1. The summed E-state index contributed by atoms with van der Waals surface area (Å²) in [5, 5.41) is 0. The van der Waals surface area contributed by atoms with Crippen LogP contribution in [0.15, 0.2) is 53.7 Å². The molecule has 9 nitrogen and oxygen atoms in total. The van der Waals surface area contributed by atoms with Gasteiger partial charge in [0.2, 0.25) is 15.9 Å². The first-order valence-corrected chi connectivity index (χ1v) is 11.5. The average molecular weight is 448 g/mol. The quantitative estimate of drug-likeness (QED) is 0.655. The van der Waals surface area contributed by atoms with Gasteiger partial charge in [0, 0.05) is 31.8 Å². The fourth-order valence-electron chi connectivity index (χ4n) is 3.84. The van der Waals surface area contributed by atoms with Crippen LogP contribution in [0.3, 0.4) is 0 Å². The van der Waals surface area contributed by atoms with Crippen LogP contribution in [0.4, 0.5) is 0 Å². The van der Waals surface area contributed by atoms with E-state index in [1.165, 1.54) is 23.5 Å². The van der Waals surface area contributed by atoms with Crippen molar-refractivity contribution in [3.8, 4) is 11.5 Å². The second-order valence-corrected chi connectivity index (χ2v) is 9.26. The number of ether oxygens (including phenoxy) is 3. The lowest BCUT2D eigenvalue weighted by atomic mass is 10.1. The monoisotopic (exact) mass is 447 g/mol. The number of sulfonamides is 1. The highest BCUT2D eigenvalue weighted by molar-refractivity contribution is 7.89. The minimum atomic E-state index is -3.95. The van der Waals surface area contributed by atoms with Crippen molar-refractivity contribution in [3.05, 3.63) is 48.8 Å². The second kappa shape index (κ2) is 9.21. The first-order chi connectivity index (χ1) is 15.0. The molecular weight excluding hydrogens is 422 g/mol. The summed E-state index contributed by atoms with van der Waals surface area (Å²) in [6.45, 7) is 1.83. The standard InChI is InChI=1S/C21H25N3O6S/c1-28-16-4-2-6-19(12-16)31(26,27)24-15-18(30-17-5-3-7-22-14-17)13-20(24)21(25)23-8-10-29-11-9-23/h2-7,12,14,18,20H,8-11,13,15H2,1H3/t18-,20-/m0/s1. The van der Waals surface area contributed by atoms with Gasteiger partial charge in [0.1, 0.15) is 23.6 Å². The lowest BCUT2D eigenvalue weighted by Gasteiger charge is -2.32. The molecule has 3 heterocycles. The Morgan fingerprint density at radius 3 is 2.65 bits per heavy atom. The highest BCUT2D eigenvalue weighted by Gasteiger charge is 2.46. The molecule has 2 atom stereocenters. The third kappa shape index (κ3) is 4.65. The lowest BCUT2D eigenvalue weighted by Crippen LogP contribution is -2.50. The summed E-state index contributed by atoms with van der Waals surface area (Å²) >= 11 is 0. The van der Waals surface area contributed by atoms with Gasteiger partial charge in [-0.25, -0.2) is 8.42 Å². The molecular formula is C21H25N3O6S. The van der Waals surface area contributed by atoms with Gasteiger partial charge in [-0.15, -0.1) is 0 Å². The molecule has 0 spiro atoms. The van der Waals surface area contributed by atoms with Crippen LogP contribution in [0.1, 0.15) is 6.42 Å². The van der Waals surface area contributed by atoms with E-state index in [1.807, 2.05) is 0 Å². The molecule has 0 radical (unpaired) electrons. The minimum Gasteiger partial charge on any atom is -0.497 e. The summed E-state index contributed by atoms with van der Waals surface area (Å²) in [6, 6.07) is 8.90. The first-order valence-electron chi connectivity index (χ1n) is 10.1. The predicted molar refractivity (Wildman–Crippen MR) is 111 cm³/mol. The molecule has 0 unspecified atom stereocenters. The molecule has 31 heavy (non-hydrogen) atoms. The van der Waals surface area contributed by atoms with Crippen LogP contribution in [0.5, 0.6) is 11.5 Å². The van der Waals surface area contributed by atoms with Crippen molar-refractivity contribution in [1.82, 2.24) is 14.2 Å². The van der Waals surface area contributed by atoms with Crippen LogP contribution < -0.4 is 9.47 Å². The predicted octanol–water partition coefficient (Wildman–Crippen LogP) is 1.16. The van der Waals surface area contributed by atoms with E-state index < -0.39 is 22.2 Å². The number of hydrogen-bond acceptors (Lipinski definition) is 7. The fraction of sp³-hybridized carbons (Fsp3) is 0.429. The molecule has 2 fully saturated rings. The first kappa shape index (κ1) is 21.5. The van der Waals surface area contributed by atoms with E-state index in [2.05, 4.69) is 4.98 Å². The van der Waals surface area contributed by atoms with Crippen LogP contribution in [0.25, 0.3) is 0 Å². The van der Waals surface area contributed by atoms with Crippen LogP contribution in [0, 0.1) is 0 Å². The fourth-order valence-corrected chi connectivity index (χ4v) is 5.51. The molecule has 0 saturated carbocycles. The van der Waals surface area contributed by atoms with Crippen molar-refractivity contribution < 1.29 is 27.4 Å². The van der Waals surface area contributed by atoms with Crippen LogP contribution in [-0.2, 0) is 19.6 Å². The summed E-state index contributed by atoms with van der Waals surface area (Å²) < 4.78 is 44.7. The average Bonchev–Trinajstić information content (AvgIpc) is 3.24. The number of morpholine rings is 1. The molecule has 2 aliphatic heterocycles. The lowest BCUT2D eigenvalue weighted by molar-refractivity contribution is -0.138. The van der Waals surface area contributed by atoms with Crippen molar-refractivity contribution in [3.63, 3.8) is 0 Å². The minimum absolute atomic E-state index is 0.0647. The third-order valence-electron chi connectivity index (χ3n) is 5.41. The van der Waals surface area contributed by atoms with Crippen molar-refractivity contribution in [2.45, 2.75) is 23.5 Å². The Balaban J connectivity index is 1.63. The highest BCUT2D eigenvalue weighted by atomic mass is 32.2. The molecule has 10 heteroatoms. The Morgan fingerprint density at radius 1 is 1.16 bits per heavy atom. The van der Waals surface area contributed by atoms with E-state index in [1.54, 1.807) is 41.6 Å². The van der Waals surface area contributed by atoms with Crippen molar-refractivity contribution in [1.29, 1.82) is 0 Å². The second-order valence-electron chi connectivity index (χ2n) is 7.37. The van der Waals surface area contributed by atoms with Gasteiger partial charge in [-0.3, -0.25) is 9.78 Å². The van der Waals surface area contributed by atoms with E-state index in [0.717, 1.165) is 0 Å². The van der Waals surface area contributed by atoms with E-state index in [0.29, 0.717) is 37.8 Å². The molecule has 166 valence electrons. The van der Waals surface area contributed by atoms with Gasteiger partial charge in [-0.1, -0.05) is 6.07 Å².